The molecule has 1 aromatic heterocycles. The zero-order valence-electron chi connectivity index (χ0n) is 16.3. The van der Waals surface area contributed by atoms with E-state index >= 15 is 0 Å². The summed E-state index contributed by atoms with van der Waals surface area (Å²) in [6, 6.07) is 12.9. The molecule has 3 rings (SSSR count). The maximum atomic E-state index is 13.4. The van der Waals surface area contributed by atoms with Crippen molar-refractivity contribution in [3.05, 3.63) is 77.3 Å². The number of amides is 1. The zero-order valence-corrected chi connectivity index (χ0v) is 17.8. The number of ether oxygens (including phenoxy) is 1. The zero-order chi connectivity index (χ0) is 21.5. The van der Waals surface area contributed by atoms with Gasteiger partial charge in [-0.25, -0.2) is 4.39 Å². The Kier molecular flexibility index (Phi) is 7.48. The fourth-order valence-electron chi connectivity index (χ4n) is 2.68. The average molecular weight is 447 g/mol. The van der Waals surface area contributed by atoms with Crippen LogP contribution in [0.3, 0.4) is 0 Å². The number of halogens is 2. The lowest BCUT2D eigenvalue weighted by Gasteiger charge is -2.11. The van der Waals surface area contributed by atoms with E-state index in [1.165, 1.54) is 23.9 Å². The Morgan fingerprint density at radius 3 is 2.53 bits per heavy atom. The van der Waals surface area contributed by atoms with Crippen LogP contribution in [0, 0.1) is 5.82 Å². The van der Waals surface area contributed by atoms with E-state index < -0.39 is 0 Å². The average Bonchev–Trinajstić information content (AvgIpc) is 3.15. The van der Waals surface area contributed by atoms with Crippen molar-refractivity contribution < 1.29 is 13.9 Å². The largest absolute Gasteiger partial charge is 0.497 e. The number of carbonyl (C=O) groups is 1. The Bertz CT molecular complexity index is 1020. The number of benzene rings is 2. The van der Waals surface area contributed by atoms with Crippen LogP contribution in [0.5, 0.6) is 5.75 Å². The van der Waals surface area contributed by atoms with E-state index in [2.05, 4.69) is 22.1 Å². The molecule has 156 valence electrons. The van der Waals surface area contributed by atoms with Crippen LogP contribution in [0.1, 0.15) is 16.2 Å². The number of hydrogen-bond acceptors (Lipinski definition) is 5. The highest BCUT2D eigenvalue weighted by atomic mass is 35.5. The summed E-state index contributed by atoms with van der Waals surface area (Å²) in [4.78, 5) is 12.3. The second kappa shape index (κ2) is 10.3. The van der Waals surface area contributed by atoms with Crippen molar-refractivity contribution in [2.75, 3.05) is 19.4 Å². The molecule has 0 spiro atoms. The van der Waals surface area contributed by atoms with Crippen molar-refractivity contribution in [1.82, 2.24) is 20.1 Å². The molecule has 30 heavy (non-hydrogen) atoms. The topological polar surface area (TPSA) is 69.0 Å². The van der Waals surface area contributed by atoms with Crippen LogP contribution < -0.4 is 10.1 Å². The molecule has 1 heterocycles. The van der Waals surface area contributed by atoms with Crippen molar-refractivity contribution in [1.29, 1.82) is 0 Å². The summed E-state index contributed by atoms with van der Waals surface area (Å²) in [6.45, 7) is 4.04. The number of methoxy groups -OCH3 is 1. The van der Waals surface area contributed by atoms with E-state index in [9.17, 15) is 9.18 Å². The van der Waals surface area contributed by atoms with Crippen LogP contribution in [-0.2, 0) is 6.42 Å². The number of aromatic nitrogens is 3. The number of carbonyl (C=O) groups excluding carboxylic acids is 1. The Balaban J connectivity index is 1.72. The van der Waals surface area contributed by atoms with Gasteiger partial charge in [-0.2, -0.15) is 0 Å². The minimum Gasteiger partial charge on any atom is -0.497 e. The Morgan fingerprint density at radius 1 is 1.20 bits per heavy atom. The summed E-state index contributed by atoms with van der Waals surface area (Å²) in [7, 11) is 1.57. The lowest BCUT2D eigenvalue weighted by molar-refractivity contribution is 0.0954. The van der Waals surface area contributed by atoms with E-state index in [1.807, 2.05) is 4.57 Å². The fraction of sp³-hybridized carbons (Fsp3) is 0.190. The first-order valence-corrected chi connectivity index (χ1v) is 10.4. The van der Waals surface area contributed by atoms with E-state index in [1.54, 1.807) is 43.5 Å². The molecule has 1 amide bonds. The molecule has 6 nitrogen and oxygen atoms in total. The summed E-state index contributed by atoms with van der Waals surface area (Å²) < 4.78 is 20.3. The standard InChI is InChI=1S/C21H20ClFN4O2S/c1-14(22)13-30-21-26-25-19(27(21)17-7-5-16(23)6-8-17)11-12-24-20(28)15-3-9-18(29-2)10-4-15/h3-10H,1,11-13H2,2H3,(H,24,28). The molecule has 0 radical (unpaired) electrons. The third-order valence-electron chi connectivity index (χ3n) is 4.13. The van der Waals surface area contributed by atoms with Crippen molar-refractivity contribution >= 4 is 29.3 Å². The SMILES string of the molecule is C=C(Cl)CSc1nnc(CCNC(=O)c2ccc(OC)cc2)n1-c1ccc(F)cc1. The number of nitrogens with zero attached hydrogens (tertiary/aromatic N) is 3. The molecule has 2 aromatic carbocycles. The van der Waals surface area contributed by atoms with Gasteiger partial charge in [0.2, 0.25) is 0 Å². The maximum Gasteiger partial charge on any atom is 0.251 e. The summed E-state index contributed by atoms with van der Waals surface area (Å²) in [6.07, 6.45) is 0.439. The predicted octanol–water partition coefficient (Wildman–Crippen LogP) is 4.23. The molecule has 0 unspecified atom stereocenters. The number of thioether (sulfide) groups is 1. The number of hydrogen-bond donors (Lipinski definition) is 1. The van der Waals surface area contributed by atoms with E-state index in [0.29, 0.717) is 46.0 Å². The quantitative estimate of drug-likeness (QED) is 0.498. The highest BCUT2D eigenvalue weighted by Gasteiger charge is 2.15. The molecule has 0 saturated heterocycles. The molecule has 3 aromatic rings. The summed E-state index contributed by atoms with van der Waals surface area (Å²) >= 11 is 7.25. The first-order valence-electron chi connectivity index (χ1n) is 9.06. The van der Waals surface area contributed by atoms with Crippen LogP contribution in [-0.4, -0.2) is 40.1 Å². The van der Waals surface area contributed by atoms with Gasteiger partial charge in [0.25, 0.3) is 5.91 Å². The minimum atomic E-state index is -0.330. The molecule has 0 bridgehead atoms. The van der Waals surface area contributed by atoms with Crippen molar-refractivity contribution in [3.8, 4) is 11.4 Å². The number of nitrogens with one attached hydrogen (secondary N) is 1. The van der Waals surface area contributed by atoms with Crippen molar-refractivity contribution in [2.24, 2.45) is 0 Å². The van der Waals surface area contributed by atoms with Crippen LogP contribution in [0.4, 0.5) is 4.39 Å². The number of rotatable bonds is 9. The van der Waals surface area contributed by atoms with Gasteiger partial charge in [-0.05, 0) is 48.5 Å². The Morgan fingerprint density at radius 2 is 1.90 bits per heavy atom. The highest BCUT2D eigenvalue weighted by Crippen LogP contribution is 2.24. The molecular weight excluding hydrogens is 427 g/mol. The van der Waals surface area contributed by atoms with Gasteiger partial charge in [-0.3, -0.25) is 9.36 Å². The highest BCUT2D eigenvalue weighted by molar-refractivity contribution is 7.99. The molecule has 0 aliphatic rings. The lowest BCUT2D eigenvalue weighted by atomic mass is 10.2. The summed E-state index contributed by atoms with van der Waals surface area (Å²) in [5, 5.41) is 12.4. The predicted molar refractivity (Wildman–Crippen MR) is 116 cm³/mol. The van der Waals surface area contributed by atoms with Gasteiger partial charge >= 0.3 is 0 Å². The summed E-state index contributed by atoms with van der Waals surface area (Å²) in [5.41, 5.74) is 1.26. The first-order chi connectivity index (χ1) is 14.5. The Labute approximate surface area is 183 Å². The van der Waals surface area contributed by atoms with Gasteiger partial charge in [0.1, 0.15) is 17.4 Å². The van der Waals surface area contributed by atoms with Gasteiger partial charge in [-0.1, -0.05) is 29.9 Å². The van der Waals surface area contributed by atoms with Gasteiger partial charge in [0, 0.05) is 35.0 Å². The molecule has 1 N–H and O–H groups in total. The maximum absolute atomic E-state index is 13.4. The first kappa shape index (κ1) is 21.9. The third kappa shape index (κ3) is 5.61. The van der Waals surface area contributed by atoms with Gasteiger partial charge in [0.15, 0.2) is 5.16 Å². The van der Waals surface area contributed by atoms with Crippen LogP contribution in [0.15, 0.2) is 65.3 Å². The Hall–Kier alpha value is -2.84. The van der Waals surface area contributed by atoms with E-state index in [0.717, 1.165) is 5.69 Å². The molecule has 0 aliphatic carbocycles. The second-order valence-electron chi connectivity index (χ2n) is 6.25. The third-order valence-corrected chi connectivity index (χ3v) is 5.44. The molecule has 9 heteroatoms. The fourth-order valence-corrected chi connectivity index (χ4v) is 3.57. The molecule has 0 saturated carbocycles. The summed E-state index contributed by atoms with van der Waals surface area (Å²) in [5.74, 6) is 1.26. The van der Waals surface area contributed by atoms with E-state index in [4.69, 9.17) is 16.3 Å². The van der Waals surface area contributed by atoms with E-state index in [-0.39, 0.29) is 11.7 Å². The molecule has 0 aliphatic heterocycles. The van der Waals surface area contributed by atoms with Gasteiger partial charge in [0.05, 0.1) is 7.11 Å². The van der Waals surface area contributed by atoms with Crippen molar-refractivity contribution in [2.45, 2.75) is 11.6 Å². The second-order valence-corrected chi connectivity index (χ2v) is 7.73. The lowest BCUT2D eigenvalue weighted by Crippen LogP contribution is -2.26. The molecule has 0 fully saturated rings. The molecule has 0 atom stereocenters. The molecular formula is C21H20ClFN4O2S. The minimum absolute atomic E-state index is 0.196. The smallest absolute Gasteiger partial charge is 0.251 e. The monoisotopic (exact) mass is 446 g/mol. The van der Waals surface area contributed by atoms with Gasteiger partial charge < -0.3 is 10.1 Å². The van der Waals surface area contributed by atoms with Crippen LogP contribution >= 0.6 is 23.4 Å². The normalized spacial score (nSPS) is 10.6. The van der Waals surface area contributed by atoms with Crippen molar-refractivity contribution in [3.63, 3.8) is 0 Å². The van der Waals surface area contributed by atoms with Crippen LogP contribution in [0.2, 0.25) is 0 Å². The van der Waals surface area contributed by atoms with Crippen LogP contribution in [0.25, 0.3) is 5.69 Å². The van der Waals surface area contributed by atoms with Gasteiger partial charge in [-0.15, -0.1) is 10.2 Å².